The molecule has 1 aromatic heterocycles. The zero-order valence-corrected chi connectivity index (χ0v) is 9.63. The van der Waals surface area contributed by atoms with Gasteiger partial charge in [-0.3, -0.25) is 4.98 Å². The molecule has 0 saturated carbocycles. The van der Waals surface area contributed by atoms with E-state index in [1.165, 1.54) is 11.3 Å². The molecule has 0 radical (unpaired) electrons. The Morgan fingerprint density at radius 2 is 2.00 bits per heavy atom. The molecule has 0 bridgehead atoms. The van der Waals surface area contributed by atoms with Gasteiger partial charge in [-0.05, 0) is 30.5 Å². The van der Waals surface area contributed by atoms with Crippen molar-refractivity contribution >= 4 is 17.1 Å². The number of nitrogen functional groups attached to an aromatic ring is 1. The Morgan fingerprint density at radius 3 is 2.88 bits per heavy atom. The van der Waals surface area contributed by atoms with Crippen molar-refractivity contribution in [3.63, 3.8) is 0 Å². The lowest BCUT2D eigenvalue weighted by atomic mass is 10.0. The molecular formula is C14H15N3. The van der Waals surface area contributed by atoms with Gasteiger partial charge in [0.1, 0.15) is 0 Å². The summed E-state index contributed by atoms with van der Waals surface area (Å²) in [5, 5.41) is 0. The molecule has 2 aromatic rings. The Bertz CT molecular complexity index is 536. The van der Waals surface area contributed by atoms with Crippen LogP contribution in [0.1, 0.15) is 12.0 Å². The van der Waals surface area contributed by atoms with Gasteiger partial charge in [0.2, 0.25) is 0 Å². The highest BCUT2D eigenvalue weighted by Crippen LogP contribution is 2.35. The molecule has 0 spiro atoms. The maximum Gasteiger partial charge on any atom is 0.0830 e. The topological polar surface area (TPSA) is 42.1 Å². The number of anilines is 3. The monoisotopic (exact) mass is 225 g/mol. The lowest BCUT2D eigenvalue weighted by Crippen LogP contribution is -2.25. The number of hydrogen-bond donors (Lipinski definition) is 1. The predicted octanol–water partition coefficient (Wildman–Crippen LogP) is 2.75. The number of nitrogens with two attached hydrogens (primary N) is 1. The molecule has 1 aromatic carbocycles. The molecule has 0 fully saturated rings. The number of para-hydroxylation sites is 1. The summed E-state index contributed by atoms with van der Waals surface area (Å²) in [5.41, 5.74) is 10.5. The highest BCUT2D eigenvalue weighted by molar-refractivity contribution is 5.76. The van der Waals surface area contributed by atoms with Crippen molar-refractivity contribution in [1.29, 1.82) is 0 Å². The maximum atomic E-state index is 6.03. The van der Waals surface area contributed by atoms with Crippen molar-refractivity contribution in [2.45, 2.75) is 12.8 Å². The second kappa shape index (κ2) is 4.09. The van der Waals surface area contributed by atoms with Gasteiger partial charge in [-0.1, -0.05) is 18.2 Å². The molecule has 3 heteroatoms. The molecule has 0 unspecified atom stereocenters. The van der Waals surface area contributed by atoms with E-state index in [1.807, 2.05) is 12.3 Å². The molecule has 2 heterocycles. The van der Waals surface area contributed by atoms with Gasteiger partial charge in [-0.15, -0.1) is 0 Å². The highest BCUT2D eigenvalue weighted by Gasteiger charge is 2.19. The fraction of sp³-hybridized carbons (Fsp3) is 0.214. The Labute approximate surface area is 101 Å². The molecular weight excluding hydrogens is 210 g/mol. The summed E-state index contributed by atoms with van der Waals surface area (Å²) in [6, 6.07) is 10.4. The predicted molar refractivity (Wildman–Crippen MR) is 70.4 cm³/mol. The first-order valence-corrected chi connectivity index (χ1v) is 5.91. The number of rotatable bonds is 1. The molecule has 0 atom stereocenters. The minimum absolute atomic E-state index is 0.789. The molecule has 0 saturated heterocycles. The maximum absolute atomic E-state index is 6.03. The summed E-state index contributed by atoms with van der Waals surface area (Å²) in [5.74, 6) is 0. The van der Waals surface area contributed by atoms with Crippen LogP contribution in [0.3, 0.4) is 0 Å². The van der Waals surface area contributed by atoms with E-state index >= 15 is 0 Å². The van der Waals surface area contributed by atoms with Crippen LogP contribution < -0.4 is 10.6 Å². The van der Waals surface area contributed by atoms with Crippen LogP contribution in [0.4, 0.5) is 17.1 Å². The van der Waals surface area contributed by atoms with Gasteiger partial charge in [-0.2, -0.15) is 0 Å². The van der Waals surface area contributed by atoms with Crippen LogP contribution in [0.15, 0.2) is 42.7 Å². The summed E-state index contributed by atoms with van der Waals surface area (Å²) in [6.07, 6.45) is 5.88. The first kappa shape index (κ1) is 10.1. The molecule has 17 heavy (non-hydrogen) atoms. The minimum atomic E-state index is 0.789. The lowest BCUT2D eigenvalue weighted by molar-refractivity contribution is 0.766. The molecule has 0 amide bonds. The standard InChI is InChI=1S/C14H15N3/c15-12-7-8-16-10-14(12)17-9-3-5-11-4-1-2-6-13(11)17/h1-2,4,6-8,10H,3,5,9H2,(H2,15,16). The fourth-order valence-electron chi connectivity index (χ4n) is 2.41. The van der Waals surface area contributed by atoms with Crippen LogP contribution in [-0.4, -0.2) is 11.5 Å². The van der Waals surface area contributed by atoms with Crippen molar-refractivity contribution in [3.8, 4) is 0 Å². The van der Waals surface area contributed by atoms with E-state index in [0.717, 1.165) is 30.8 Å². The van der Waals surface area contributed by atoms with Gasteiger partial charge in [-0.25, -0.2) is 0 Å². The van der Waals surface area contributed by atoms with Gasteiger partial charge in [0.15, 0.2) is 0 Å². The normalized spacial score (nSPS) is 14.5. The van der Waals surface area contributed by atoms with E-state index in [9.17, 15) is 0 Å². The van der Waals surface area contributed by atoms with Gasteiger partial charge < -0.3 is 10.6 Å². The SMILES string of the molecule is Nc1ccncc1N1CCCc2ccccc21. The van der Waals surface area contributed by atoms with Crippen LogP contribution in [0.5, 0.6) is 0 Å². The molecule has 3 rings (SSSR count). The van der Waals surface area contributed by atoms with E-state index in [2.05, 4.69) is 34.1 Å². The van der Waals surface area contributed by atoms with E-state index in [1.54, 1.807) is 6.20 Å². The van der Waals surface area contributed by atoms with Crippen molar-refractivity contribution in [2.75, 3.05) is 17.2 Å². The molecule has 2 N–H and O–H groups in total. The zero-order valence-electron chi connectivity index (χ0n) is 9.63. The Hall–Kier alpha value is -2.03. The van der Waals surface area contributed by atoms with Crippen molar-refractivity contribution in [1.82, 2.24) is 4.98 Å². The number of nitrogens with zero attached hydrogens (tertiary/aromatic N) is 2. The summed E-state index contributed by atoms with van der Waals surface area (Å²) in [6.45, 7) is 1.01. The van der Waals surface area contributed by atoms with Gasteiger partial charge in [0.25, 0.3) is 0 Å². The Kier molecular flexibility index (Phi) is 2.44. The quantitative estimate of drug-likeness (QED) is 0.811. The molecule has 1 aliphatic heterocycles. The number of pyridine rings is 1. The van der Waals surface area contributed by atoms with Crippen LogP contribution in [0.25, 0.3) is 0 Å². The fourth-order valence-corrected chi connectivity index (χ4v) is 2.41. The third-order valence-electron chi connectivity index (χ3n) is 3.23. The molecule has 86 valence electrons. The third kappa shape index (κ3) is 1.73. The summed E-state index contributed by atoms with van der Waals surface area (Å²) < 4.78 is 0. The Morgan fingerprint density at radius 1 is 1.12 bits per heavy atom. The molecule has 1 aliphatic rings. The average Bonchev–Trinajstić information content (AvgIpc) is 2.39. The summed E-state index contributed by atoms with van der Waals surface area (Å²) in [4.78, 5) is 6.44. The van der Waals surface area contributed by atoms with Crippen LogP contribution >= 0.6 is 0 Å². The number of benzene rings is 1. The van der Waals surface area contributed by atoms with Crippen LogP contribution in [-0.2, 0) is 6.42 Å². The Balaban J connectivity index is 2.09. The summed E-state index contributed by atoms with van der Waals surface area (Å²) >= 11 is 0. The summed E-state index contributed by atoms with van der Waals surface area (Å²) in [7, 11) is 0. The minimum Gasteiger partial charge on any atom is -0.397 e. The van der Waals surface area contributed by atoms with Crippen molar-refractivity contribution in [3.05, 3.63) is 48.3 Å². The van der Waals surface area contributed by atoms with Gasteiger partial charge in [0, 0.05) is 18.4 Å². The van der Waals surface area contributed by atoms with Gasteiger partial charge in [0.05, 0.1) is 17.6 Å². The number of aryl methyl sites for hydroxylation is 1. The number of aromatic nitrogens is 1. The largest absolute Gasteiger partial charge is 0.397 e. The third-order valence-corrected chi connectivity index (χ3v) is 3.23. The van der Waals surface area contributed by atoms with E-state index in [-0.39, 0.29) is 0 Å². The smallest absolute Gasteiger partial charge is 0.0830 e. The highest BCUT2D eigenvalue weighted by atomic mass is 15.2. The van der Waals surface area contributed by atoms with Crippen molar-refractivity contribution < 1.29 is 0 Å². The van der Waals surface area contributed by atoms with Crippen LogP contribution in [0.2, 0.25) is 0 Å². The average molecular weight is 225 g/mol. The number of fused-ring (bicyclic) bond motifs is 1. The molecule has 0 aliphatic carbocycles. The van der Waals surface area contributed by atoms with E-state index in [0.29, 0.717) is 0 Å². The lowest BCUT2D eigenvalue weighted by Gasteiger charge is -2.31. The first-order valence-electron chi connectivity index (χ1n) is 5.91. The van der Waals surface area contributed by atoms with Gasteiger partial charge >= 0.3 is 0 Å². The van der Waals surface area contributed by atoms with E-state index < -0.39 is 0 Å². The first-order chi connectivity index (χ1) is 8.36. The molecule has 3 nitrogen and oxygen atoms in total. The second-order valence-electron chi connectivity index (χ2n) is 4.32. The van der Waals surface area contributed by atoms with E-state index in [4.69, 9.17) is 5.73 Å². The zero-order chi connectivity index (χ0) is 11.7. The number of hydrogen-bond acceptors (Lipinski definition) is 3. The second-order valence-corrected chi connectivity index (χ2v) is 4.32. The van der Waals surface area contributed by atoms with Crippen molar-refractivity contribution in [2.24, 2.45) is 0 Å². The van der Waals surface area contributed by atoms with Crippen LogP contribution in [0, 0.1) is 0 Å².